The van der Waals surface area contributed by atoms with E-state index in [1.54, 1.807) is 13.0 Å². The maximum atomic E-state index is 12.7. The second-order valence-electron chi connectivity index (χ2n) is 5.87. The van der Waals surface area contributed by atoms with Crippen molar-refractivity contribution in [2.24, 2.45) is 7.05 Å². The van der Waals surface area contributed by atoms with Crippen molar-refractivity contribution >= 4 is 17.0 Å². The molecule has 0 aliphatic heterocycles. The number of ether oxygens (including phenoxy) is 1. The fraction of sp³-hybridized carbons (Fsp3) is 0.263. The zero-order valence-corrected chi connectivity index (χ0v) is 13.9. The van der Waals surface area contributed by atoms with Crippen molar-refractivity contribution in [2.75, 3.05) is 0 Å². The molecule has 3 aromatic rings. The Morgan fingerprint density at radius 3 is 2.68 bits per heavy atom. The van der Waals surface area contributed by atoms with Gasteiger partial charge in [0.05, 0.1) is 17.5 Å². The van der Waals surface area contributed by atoms with Crippen LogP contribution in [0.5, 0.6) is 0 Å². The van der Waals surface area contributed by atoms with E-state index in [0.29, 0.717) is 11.4 Å². The van der Waals surface area contributed by atoms with E-state index in [9.17, 15) is 13.6 Å². The maximum absolute atomic E-state index is 12.7. The van der Waals surface area contributed by atoms with Crippen LogP contribution in [-0.2, 0) is 23.0 Å². The second kappa shape index (κ2) is 7.01. The molecule has 0 spiro atoms. The number of para-hydroxylation sites is 2. The van der Waals surface area contributed by atoms with Crippen LogP contribution in [0.1, 0.15) is 36.4 Å². The van der Waals surface area contributed by atoms with Gasteiger partial charge in [0.25, 0.3) is 6.43 Å². The first-order chi connectivity index (χ1) is 12.0. The Morgan fingerprint density at radius 2 is 1.96 bits per heavy atom. The van der Waals surface area contributed by atoms with Crippen LogP contribution in [0.3, 0.4) is 0 Å². The lowest BCUT2D eigenvalue weighted by Crippen LogP contribution is -2.14. The summed E-state index contributed by atoms with van der Waals surface area (Å²) in [6.07, 6.45) is -3.16. The molecule has 0 saturated carbocycles. The molecule has 0 amide bonds. The summed E-state index contributed by atoms with van der Waals surface area (Å²) in [7, 11) is 1.86. The highest BCUT2D eigenvalue weighted by Crippen LogP contribution is 2.23. The summed E-state index contributed by atoms with van der Waals surface area (Å²) >= 11 is 0. The van der Waals surface area contributed by atoms with Crippen molar-refractivity contribution in [3.8, 4) is 0 Å². The topological polar surface area (TPSA) is 44.1 Å². The Morgan fingerprint density at radius 1 is 1.20 bits per heavy atom. The number of benzene rings is 2. The van der Waals surface area contributed by atoms with E-state index in [1.807, 2.05) is 35.9 Å². The smallest absolute Gasteiger partial charge is 0.310 e. The summed E-state index contributed by atoms with van der Waals surface area (Å²) in [6.45, 7) is 1.74. The third kappa shape index (κ3) is 3.68. The lowest BCUT2D eigenvalue weighted by molar-refractivity contribution is -0.148. The molecular formula is C19H18F2N2O2. The molecule has 3 rings (SSSR count). The van der Waals surface area contributed by atoms with E-state index in [0.717, 1.165) is 11.0 Å². The van der Waals surface area contributed by atoms with E-state index >= 15 is 0 Å². The van der Waals surface area contributed by atoms with Crippen molar-refractivity contribution in [2.45, 2.75) is 25.9 Å². The van der Waals surface area contributed by atoms with Crippen molar-refractivity contribution in [1.82, 2.24) is 9.55 Å². The summed E-state index contributed by atoms with van der Waals surface area (Å²) in [5.74, 6) is 0.154. The number of aryl methyl sites for hydroxylation is 1. The molecule has 4 nitrogen and oxygen atoms in total. The van der Waals surface area contributed by atoms with Gasteiger partial charge in [0, 0.05) is 12.6 Å². The van der Waals surface area contributed by atoms with E-state index < -0.39 is 18.5 Å². The summed E-state index contributed by atoms with van der Waals surface area (Å²) < 4.78 is 32.8. The molecule has 1 aromatic heterocycles. The number of hydrogen-bond acceptors (Lipinski definition) is 3. The predicted molar refractivity (Wildman–Crippen MR) is 90.3 cm³/mol. The molecule has 0 saturated heterocycles. The third-order valence-electron chi connectivity index (χ3n) is 4.05. The van der Waals surface area contributed by atoms with E-state index in [4.69, 9.17) is 4.74 Å². The minimum Gasteiger partial charge on any atom is -0.454 e. The number of nitrogens with zero attached hydrogens (tertiary/aromatic N) is 2. The van der Waals surface area contributed by atoms with Gasteiger partial charge in [-0.25, -0.2) is 13.8 Å². The van der Waals surface area contributed by atoms with E-state index in [1.165, 1.54) is 18.2 Å². The summed E-state index contributed by atoms with van der Waals surface area (Å²) in [4.78, 5) is 16.7. The zero-order valence-electron chi connectivity index (χ0n) is 13.9. The molecule has 1 heterocycles. The van der Waals surface area contributed by atoms with Crippen LogP contribution in [0.25, 0.3) is 11.0 Å². The molecule has 0 fully saturated rings. The number of aromatic nitrogens is 2. The molecule has 0 bridgehead atoms. The highest BCUT2D eigenvalue weighted by atomic mass is 19.3. The Kier molecular flexibility index (Phi) is 4.79. The lowest BCUT2D eigenvalue weighted by atomic mass is 10.1. The van der Waals surface area contributed by atoms with Gasteiger partial charge in [0.2, 0.25) is 0 Å². The van der Waals surface area contributed by atoms with Crippen LogP contribution in [0.2, 0.25) is 0 Å². The number of hydrogen-bond donors (Lipinski definition) is 0. The van der Waals surface area contributed by atoms with Crippen molar-refractivity contribution in [1.29, 1.82) is 0 Å². The van der Waals surface area contributed by atoms with Crippen LogP contribution in [-0.4, -0.2) is 15.5 Å². The zero-order chi connectivity index (χ0) is 18.0. The SMILES string of the molecule is C[C@@H](OC(=O)Cc1cccc(C(F)F)c1)c1nc2ccccc2n1C. The predicted octanol–water partition coefficient (Wildman–Crippen LogP) is 4.36. The van der Waals surface area contributed by atoms with Gasteiger partial charge in [-0.15, -0.1) is 0 Å². The average molecular weight is 344 g/mol. The monoisotopic (exact) mass is 344 g/mol. The molecule has 2 aromatic carbocycles. The highest BCUT2D eigenvalue weighted by Gasteiger charge is 2.19. The molecule has 0 N–H and O–H groups in total. The molecule has 0 aliphatic carbocycles. The number of alkyl halides is 2. The van der Waals surface area contributed by atoms with Crippen LogP contribution in [0, 0.1) is 0 Å². The molecule has 1 atom stereocenters. The van der Waals surface area contributed by atoms with Gasteiger partial charge >= 0.3 is 5.97 Å². The number of fused-ring (bicyclic) bond motifs is 1. The maximum Gasteiger partial charge on any atom is 0.310 e. The molecule has 6 heteroatoms. The highest BCUT2D eigenvalue weighted by molar-refractivity contribution is 5.76. The van der Waals surface area contributed by atoms with Gasteiger partial charge in [0.1, 0.15) is 0 Å². The first-order valence-corrected chi connectivity index (χ1v) is 7.93. The third-order valence-corrected chi connectivity index (χ3v) is 4.05. The summed E-state index contributed by atoms with van der Waals surface area (Å²) in [5.41, 5.74) is 2.17. The van der Waals surface area contributed by atoms with Crippen molar-refractivity contribution in [3.63, 3.8) is 0 Å². The summed E-state index contributed by atoms with van der Waals surface area (Å²) in [5, 5.41) is 0. The number of carbonyl (C=O) groups is 1. The van der Waals surface area contributed by atoms with Gasteiger partial charge in [0.15, 0.2) is 11.9 Å². The van der Waals surface area contributed by atoms with Gasteiger partial charge in [-0.1, -0.05) is 30.3 Å². The van der Waals surface area contributed by atoms with E-state index in [2.05, 4.69) is 4.98 Å². The normalized spacial score (nSPS) is 12.5. The lowest BCUT2D eigenvalue weighted by Gasteiger charge is -2.13. The van der Waals surface area contributed by atoms with Gasteiger partial charge in [-0.05, 0) is 30.7 Å². The molecule has 0 aliphatic rings. The molecule has 130 valence electrons. The fourth-order valence-electron chi connectivity index (χ4n) is 2.82. The quantitative estimate of drug-likeness (QED) is 0.646. The van der Waals surface area contributed by atoms with Gasteiger partial charge in [-0.3, -0.25) is 4.79 Å². The first kappa shape index (κ1) is 17.1. The van der Waals surface area contributed by atoms with Crippen molar-refractivity contribution < 1.29 is 18.3 Å². The van der Waals surface area contributed by atoms with Crippen molar-refractivity contribution in [3.05, 3.63) is 65.5 Å². The Bertz CT molecular complexity index is 905. The molecular weight excluding hydrogens is 326 g/mol. The van der Waals surface area contributed by atoms with Gasteiger partial charge in [-0.2, -0.15) is 0 Å². The Balaban J connectivity index is 1.71. The van der Waals surface area contributed by atoms with E-state index in [-0.39, 0.29) is 12.0 Å². The fourth-order valence-corrected chi connectivity index (χ4v) is 2.82. The van der Waals surface area contributed by atoms with Crippen LogP contribution in [0.4, 0.5) is 8.78 Å². The van der Waals surface area contributed by atoms with Crippen LogP contribution >= 0.6 is 0 Å². The number of halogens is 2. The minimum absolute atomic E-state index is 0.0607. The number of rotatable bonds is 5. The molecule has 0 radical (unpaired) electrons. The van der Waals surface area contributed by atoms with Crippen LogP contribution in [0.15, 0.2) is 48.5 Å². The number of carbonyl (C=O) groups excluding carboxylic acids is 1. The second-order valence-corrected chi connectivity index (χ2v) is 5.87. The largest absolute Gasteiger partial charge is 0.454 e. The van der Waals surface area contributed by atoms with Gasteiger partial charge < -0.3 is 9.30 Å². The molecule has 25 heavy (non-hydrogen) atoms. The molecule has 0 unspecified atom stereocenters. The average Bonchev–Trinajstić information content (AvgIpc) is 2.92. The number of imidazole rings is 1. The Hall–Kier alpha value is -2.76. The standard InChI is InChI=1S/C19H18F2N2O2/c1-12(19-22-15-8-3-4-9-16(15)23(19)2)25-17(24)11-13-6-5-7-14(10-13)18(20)21/h3-10,12,18H,11H2,1-2H3/t12-/m1/s1. The summed E-state index contributed by atoms with van der Waals surface area (Å²) in [6, 6.07) is 13.4. The Labute approximate surface area is 144 Å². The van der Waals surface area contributed by atoms with Crippen LogP contribution < -0.4 is 0 Å². The number of esters is 1. The minimum atomic E-state index is -2.56. The first-order valence-electron chi connectivity index (χ1n) is 7.93.